The van der Waals surface area contributed by atoms with Gasteiger partial charge in [0.05, 0.1) is 25.5 Å². The Morgan fingerprint density at radius 3 is 2.73 bits per heavy atom. The van der Waals surface area contributed by atoms with Crippen molar-refractivity contribution >= 4 is 17.5 Å². The van der Waals surface area contributed by atoms with E-state index in [1.807, 2.05) is 30.3 Å². The molecule has 0 saturated carbocycles. The number of hydrogen-bond donors (Lipinski definition) is 2. The van der Waals surface area contributed by atoms with E-state index in [4.69, 9.17) is 19.6 Å². The molecule has 8 nitrogen and oxygen atoms in total. The number of para-hydroxylation sites is 1. The molecule has 0 radical (unpaired) electrons. The van der Waals surface area contributed by atoms with Gasteiger partial charge in [-0.15, -0.1) is 0 Å². The summed E-state index contributed by atoms with van der Waals surface area (Å²) in [6, 6.07) is 16.2. The van der Waals surface area contributed by atoms with Gasteiger partial charge in [-0.3, -0.25) is 9.59 Å². The van der Waals surface area contributed by atoms with Gasteiger partial charge in [-0.25, -0.2) is 0 Å². The van der Waals surface area contributed by atoms with Crippen LogP contribution in [0.25, 0.3) is 0 Å². The van der Waals surface area contributed by atoms with Crippen molar-refractivity contribution in [3.63, 3.8) is 0 Å². The quantitative estimate of drug-likeness (QED) is 0.624. The number of carbonyl (C=O) groups excluding carboxylic acids is 2. The van der Waals surface area contributed by atoms with Crippen molar-refractivity contribution in [1.82, 2.24) is 4.90 Å². The molecule has 3 N–H and O–H groups in total. The Bertz CT molecular complexity index is 1060. The van der Waals surface area contributed by atoms with Crippen LogP contribution in [0.3, 0.4) is 0 Å². The van der Waals surface area contributed by atoms with Crippen LogP contribution in [0.4, 0.5) is 5.69 Å². The summed E-state index contributed by atoms with van der Waals surface area (Å²) in [5.41, 5.74) is 7.28. The molecule has 0 spiro atoms. The SMILES string of the molecule is COc1cc([C@@H]2Nc3ccccc3C(=O)N2Cc2ccco2)ccc1OCC(N)=O. The lowest BCUT2D eigenvalue weighted by molar-refractivity contribution is -0.119. The van der Waals surface area contributed by atoms with Crippen LogP contribution in [0.5, 0.6) is 11.5 Å². The summed E-state index contributed by atoms with van der Waals surface area (Å²) in [6.07, 6.45) is 1.12. The van der Waals surface area contributed by atoms with Gasteiger partial charge in [-0.05, 0) is 42.0 Å². The fraction of sp³-hybridized carbons (Fsp3) is 0.182. The number of amides is 2. The van der Waals surface area contributed by atoms with Gasteiger partial charge in [0.15, 0.2) is 18.1 Å². The summed E-state index contributed by atoms with van der Waals surface area (Å²) in [6.45, 7) is 0.0357. The maximum Gasteiger partial charge on any atom is 0.258 e. The van der Waals surface area contributed by atoms with Gasteiger partial charge in [-0.1, -0.05) is 18.2 Å². The smallest absolute Gasteiger partial charge is 0.258 e. The number of benzene rings is 2. The lowest BCUT2D eigenvalue weighted by Gasteiger charge is -2.37. The Balaban J connectivity index is 1.71. The normalized spacial score (nSPS) is 15.3. The number of nitrogens with two attached hydrogens (primary N) is 1. The molecular weight excluding hydrogens is 386 g/mol. The number of nitrogens with one attached hydrogen (secondary N) is 1. The number of rotatable bonds is 7. The van der Waals surface area contributed by atoms with Crippen LogP contribution in [0.1, 0.15) is 27.8 Å². The monoisotopic (exact) mass is 407 g/mol. The molecule has 30 heavy (non-hydrogen) atoms. The minimum Gasteiger partial charge on any atom is -0.493 e. The lowest BCUT2D eigenvalue weighted by Crippen LogP contribution is -2.42. The van der Waals surface area contributed by atoms with Crippen molar-refractivity contribution in [2.24, 2.45) is 5.73 Å². The van der Waals surface area contributed by atoms with E-state index in [0.29, 0.717) is 29.4 Å². The summed E-state index contributed by atoms with van der Waals surface area (Å²) in [7, 11) is 1.51. The molecule has 154 valence electrons. The molecule has 2 heterocycles. The standard InChI is InChI=1S/C22H21N3O5/c1-28-19-11-14(8-9-18(19)30-13-20(23)26)21-24-17-7-3-2-6-16(17)22(27)25(21)12-15-5-4-10-29-15/h2-11,21,24H,12-13H2,1H3,(H2,23,26)/t21-/m1/s1. The number of methoxy groups -OCH3 is 1. The second kappa shape index (κ2) is 8.20. The number of ether oxygens (including phenoxy) is 2. The van der Waals surface area contributed by atoms with Crippen LogP contribution in [-0.2, 0) is 11.3 Å². The summed E-state index contributed by atoms with van der Waals surface area (Å²) < 4.78 is 16.3. The van der Waals surface area contributed by atoms with Gasteiger partial charge in [0.25, 0.3) is 11.8 Å². The number of nitrogens with zero attached hydrogens (tertiary/aromatic N) is 1. The Morgan fingerprint density at radius 1 is 1.17 bits per heavy atom. The molecule has 1 aliphatic rings. The van der Waals surface area contributed by atoms with Crippen molar-refractivity contribution in [2.75, 3.05) is 19.0 Å². The highest BCUT2D eigenvalue weighted by molar-refractivity contribution is 6.01. The van der Waals surface area contributed by atoms with Gasteiger partial charge < -0.3 is 29.8 Å². The molecule has 0 saturated heterocycles. The predicted molar refractivity (Wildman–Crippen MR) is 109 cm³/mol. The van der Waals surface area contributed by atoms with Crippen LogP contribution >= 0.6 is 0 Å². The zero-order valence-corrected chi connectivity index (χ0v) is 16.3. The fourth-order valence-corrected chi connectivity index (χ4v) is 3.41. The molecule has 1 aromatic heterocycles. The van der Waals surface area contributed by atoms with E-state index >= 15 is 0 Å². The first-order chi connectivity index (χ1) is 14.6. The van der Waals surface area contributed by atoms with Crippen LogP contribution in [-0.4, -0.2) is 30.4 Å². The van der Waals surface area contributed by atoms with E-state index in [1.165, 1.54) is 7.11 Å². The van der Waals surface area contributed by atoms with Crippen LogP contribution in [0.15, 0.2) is 65.3 Å². The number of anilines is 1. The minimum atomic E-state index is -0.582. The molecule has 3 aromatic rings. The predicted octanol–water partition coefficient (Wildman–Crippen LogP) is 2.92. The van der Waals surface area contributed by atoms with Gasteiger partial charge in [0.2, 0.25) is 0 Å². The van der Waals surface area contributed by atoms with E-state index in [9.17, 15) is 9.59 Å². The Hall–Kier alpha value is -3.94. The van der Waals surface area contributed by atoms with E-state index < -0.39 is 12.1 Å². The zero-order valence-electron chi connectivity index (χ0n) is 16.3. The first-order valence-corrected chi connectivity index (χ1v) is 9.35. The lowest BCUT2D eigenvalue weighted by atomic mass is 10.0. The van der Waals surface area contributed by atoms with Crippen molar-refractivity contribution in [3.8, 4) is 11.5 Å². The largest absolute Gasteiger partial charge is 0.493 e. The molecule has 8 heteroatoms. The Labute approximate surface area is 173 Å². The van der Waals surface area contributed by atoms with Crippen LogP contribution in [0, 0.1) is 0 Å². The summed E-state index contributed by atoms with van der Waals surface area (Å²) >= 11 is 0. The van der Waals surface area contributed by atoms with E-state index in [-0.39, 0.29) is 12.5 Å². The number of fused-ring (bicyclic) bond motifs is 1. The first-order valence-electron chi connectivity index (χ1n) is 9.35. The van der Waals surface area contributed by atoms with E-state index in [1.54, 1.807) is 35.4 Å². The molecule has 1 atom stereocenters. The highest BCUT2D eigenvalue weighted by Gasteiger charge is 2.33. The third kappa shape index (κ3) is 3.80. The molecule has 0 aliphatic carbocycles. The average molecular weight is 407 g/mol. The van der Waals surface area contributed by atoms with Crippen molar-refractivity contribution in [3.05, 3.63) is 77.7 Å². The Kier molecular flexibility index (Phi) is 5.30. The molecule has 2 amide bonds. The number of carbonyl (C=O) groups is 2. The maximum absolute atomic E-state index is 13.3. The molecule has 1 aliphatic heterocycles. The third-order valence-electron chi connectivity index (χ3n) is 4.80. The minimum absolute atomic E-state index is 0.112. The average Bonchev–Trinajstić information content (AvgIpc) is 3.27. The van der Waals surface area contributed by atoms with Crippen LogP contribution < -0.4 is 20.5 Å². The topological polar surface area (TPSA) is 107 Å². The summed E-state index contributed by atoms with van der Waals surface area (Å²) in [5, 5.41) is 3.42. The van der Waals surface area contributed by atoms with E-state index in [2.05, 4.69) is 5.32 Å². The van der Waals surface area contributed by atoms with Gasteiger partial charge in [0.1, 0.15) is 11.9 Å². The second-order valence-corrected chi connectivity index (χ2v) is 6.77. The van der Waals surface area contributed by atoms with Gasteiger partial charge in [-0.2, -0.15) is 0 Å². The summed E-state index contributed by atoms with van der Waals surface area (Å²) in [5.74, 6) is 0.795. The maximum atomic E-state index is 13.3. The molecule has 2 aromatic carbocycles. The molecule has 0 bridgehead atoms. The van der Waals surface area contributed by atoms with E-state index in [0.717, 1.165) is 11.3 Å². The van der Waals surface area contributed by atoms with Crippen LogP contribution in [0.2, 0.25) is 0 Å². The highest BCUT2D eigenvalue weighted by Crippen LogP contribution is 2.37. The summed E-state index contributed by atoms with van der Waals surface area (Å²) in [4.78, 5) is 26.0. The highest BCUT2D eigenvalue weighted by atomic mass is 16.5. The van der Waals surface area contributed by atoms with Crippen molar-refractivity contribution in [2.45, 2.75) is 12.7 Å². The molecule has 0 fully saturated rings. The van der Waals surface area contributed by atoms with Gasteiger partial charge >= 0.3 is 0 Å². The molecule has 0 unspecified atom stereocenters. The molecule has 4 rings (SSSR count). The van der Waals surface area contributed by atoms with Gasteiger partial charge in [0, 0.05) is 5.69 Å². The van der Waals surface area contributed by atoms with Crippen molar-refractivity contribution < 1.29 is 23.5 Å². The third-order valence-corrected chi connectivity index (χ3v) is 4.80. The fourth-order valence-electron chi connectivity index (χ4n) is 3.41. The first kappa shape index (κ1) is 19.4. The number of furan rings is 1. The van der Waals surface area contributed by atoms with Crippen molar-refractivity contribution in [1.29, 1.82) is 0 Å². The number of hydrogen-bond acceptors (Lipinski definition) is 6. The molecular formula is C22H21N3O5. The zero-order chi connectivity index (χ0) is 21.1. The number of primary amides is 1. The Morgan fingerprint density at radius 2 is 2.00 bits per heavy atom. The second-order valence-electron chi connectivity index (χ2n) is 6.77.